The van der Waals surface area contributed by atoms with E-state index in [0.717, 1.165) is 22.5 Å². The standard InChI is InChI=1S/C34H21N3/c35-22-23-17-18-36-31(19-23)25-10-8-9-24(20-25)30-21-33-34(28-14-5-4-13-27(28)30)29-15-6-7-16-32(29)37(33)26-11-2-1-3-12-26/h1-21H. The van der Waals surface area contributed by atoms with Gasteiger partial charge in [0, 0.05) is 28.2 Å². The lowest BCUT2D eigenvalue weighted by Gasteiger charge is -2.13. The minimum atomic E-state index is 0.606. The van der Waals surface area contributed by atoms with E-state index in [2.05, 4.69) is 125 Å². The SMILES string of the molecule is N#Cc1ccnc(-c2cccc(-c3cc4c(c5ccccc35)c3ccccc3n4-c3ccccc3)c2)c1. The van der Waals surface area contributed by atoms with Crippen molar-refractivity contribution in [1.82, 2.24) is 9.55 Å². The number of benzene rings is 5. The summed E-state index contributed by atoms with van der Waals surface area (Å²) >= 11 is 0. The molecule has 0 unspecified atom stereocenters. The number of aromatic nitrogens is 2. The normalized spacial score (nSPS) is 11.2. The van der Waals surface area contributed by atoms with E-state index in [4.69, 9.17) is 0 Å². The molecular weight excluding hydrogens is 450 g/mol. The van der Waals surface area contributed by atoms with Crippen LogP contribution in [-0.2, 0) is 0 Å². The van der Waals surface area contributed by atoms with Crippen LogP contribution in [0.25, 0.3) is 60.6 Å². The number of hydrogen-bond donors (Lipinski definition) is 0. The van der Waals surface area contributed by atoms with Gasteiger partial charge in [-0.2, -0.15) is 5.26 Å². The Hall–Kier alpha value is -5.20. The van der Waals surface area contributed by atoms with E-state index in [1.807, 2.05) is 6.07 Å². The van der Waals surface area contributed by atoms with Crippen molar-refractivity contribution in [2.45, 2.75) is 0 Å². The molecule has 3 heteroatoms. The van der Waals surface area contributed by atoms with Gasteiger partial charge in [0.25, 0.3) is 0 Å². The Labute approximate surface area is 214 Å². The number of para-hydroxylation sites is 2. The maximum Gasteiger partial charge on any atom is 0.0992 e. The first-order valence-corrected chi connectivity index (χ1v) is 12.3. The predicted octanol–water partition coefficient (Wildman–Crippen LogP) is 8.54. The molecule has 0 N–H and O–H groups in total. The number of nitriles is 1. The highest BCUT2D eigenvalue weighted by Gasteiger charge is 2.17. The van der Waals surface area contributed by atoms with Gasteiger partial charge in [0.1, 0.15) is 0 Å². The highest BCUT2D eigenvalue weighted by molar-refractivity contribution is 6.24. The molecule has 0 spiro atoms. The summed E-state index contributed by atoms with van der Waals surface area (Å²) in [6.07, 6.45) is 1.69. The van der Waals surface area contributed by atoms with Gasteiger partial charge in [-0.1, -0.05) is 78.9 Å². The molecular formula is C34H21N3. The summed E-state index contributed by atoms with van der Waals surface area (Å²) in [4.78, 5) is 4.53. The molecule has 0 aliphatic heterocycles. The van der Waals surface area contributed by atoms with Crippen molar-refractivity contribution in [3.63, 3.8) is 0 Å². The van der Waals surface area contributed by atoms with Gasteiger partial charge in [0.05, 0.1) is 28.4 Å². The zero-order chi connectivity index (χ0) is 24.8. The smallest absolute Gasteiger partial charge is 0.0992 e. The molecule has 2 aromatic heterocycles. The van der Waals surface area contributed by atoms with Gasteiger partial charge in [-0.25, -0.2) is 0 Å². The van der Waals surface area contributed by atoms with Crippen LogP contribution < -0.4 is 0 Å². The average Bonchev–Trinajstić information content (AvgIpc) is 3.32. The van der Waals surface area contributed by atoms with E-state index in [9.17, 15) is 5.26 Å². The molecule has 0 aliphatic rings. The predicted molar refractivity (Wildman–Crippen MR) is 152 cm³/mol. The van der Waals surface area contributed by atoms with Crippen LogP contribution in [0.15, 0.2) is 128 Å². The molecule has 172 valence electrons. The Morgan fingerprint density at radius 2 is 1.32 bits per heavy atom. The third-order valence-electron chi connectivity index (χ3n) is 7.05. The van der Waals surface area contributed by atoms with Gasteiger partial charge in [-0.15, -0.1) is 0 Å². The molecule has 0 radical (unpaired) electrons. The molecule has 0 fully saturated rings. The Morgan fingerprint density at radius 1 is 0.595 bits per heavy atom. The largest absolute Gasteiger partial charge is 0.309 e. The second kappa shape index (κ2) is 8.48. The molecule has 0 saturated heterocycles. The number of rotatable bonds is 3. The number of hydrogen-bond acceptors (Lipinski definition) is 2. The van der Waals surface area contributed by atoms with Gasteiger partial charge in [0.15, 0.2) is 0 Å². The Kier molecular flexibility index (Phi) is 4.84. The lowest BCUT2D eigenvalue weighted by Crippen LogP contribution is -1.94. The van der Waals surface area contributed by atoms with E-state index in [-0.39, 0.29) is 0 Å². The van der Waals surface area contributed by atoms with Crippen LogP contribution in [0.5, 0.6) is 0 Å². The Morgan fingerprint density at radius 3 is 2.16 bits per heavy atom. The molecule has 2 heterocycles. The van der Waals surface area contributed by atoms with Crippen LogP contribution in [-0.4, -0.2) is 9.55 Å². The van der Waals surface area contributed by atoms with Crippen LogP contribution in [0.2, 0.25) is 0 Å². The molecule has 0 amide bonds. The lowest BCUT2D eigenvalue weighted by atomic mass is 9.93. The first-order valence-electron chi connectivity index (χ1n) is 12.3. The van der Waals surface area contributed by atoms with Crippen LogP contribution >= 0.6 is 0 Å². The molecule has 3 nitrogen and oxygen atoms in total. The van der Waals surface area contributed by atoms with Crippen LogP contribution in [0, 0.1) is 11.3 Å². The summed E-state index contributed by atoms with van der Waals surface area (Å²) in [5.41, 5.74) is 8.18. The first kappa shape index (κ1) is 21.1. The molecule has 37 heavy (non-hydrogen) atoms. The summed E-state index contributed by atoms with van der Waals surface area (Å²) in [5, 5.41) is 14.3. The summed E-state index contributed by atoms with van der Waals surface area (Å²) < 4.78 is 2.36. The van der Waals surface area contributed by atoms with Gasteiger partial charge in [-0.05, 0) is 64.4 Å². The minimum Gasteiger partial charge on any atom is -0.309 e. The molecule has 7 rings (SSSR count). The zero-order valence-electron chi connectivity index (χ0n) is 20.0. The van der Waals surface area contributed by atoms with Crippen LogP contribution in [0.1, 0.15) is 5.56 Å². The van der Waals surface area contributed by atoms with E-state index in [0.29, 0.717) is 5.56 Å². The maximum absolute atomic E-state index is 9.36. The second-order valence-electron chi connectivity index (χ2n) is 9.17. The van der Waals surface area contributed by atoms with Crippen molar-refractivity contribution in [2.75, 3.05) is 0 Å². The summed E-state index contributed by atoms with van der Waals surface area (Å²) in [6.45, 7) is 0. The second-order valence-corrected chi connectivity index (χ2v) is 9.17. The van der Waals surface area contributed by atoms with E-state index >= 15 is 0 Å². The third-order valence-corrected chi connectivity index (χ3v) is 7.05. The molecule has 5 aromatic carbocycles. The Bertz CT molecular complexity index is 1990. The average molecular weight is 472 g/mol. The summed E-state index contributed by atoms with van der Waals surface area (Å²) in [7, 11) is 0. The summed E-state index contributed by atoms with van der Waals surface area (Å²) in [6, 6.07) is 44.4. The maximum atomic E-state index is 9.36. The highest BCUT2D eigenvalue weighted by Crippen LogP contribution is 2.41. The topological polar surface area (TPSA) is 41.6 Å². The van der Waals surface area contributed by atoms with Crippen molar-refractivity contribution in [3.05, 3.63) is 133 Å². The van der Waals surface area contributed by atoms with Crippen molar-refractivity contribution < 1.29 is 0 Å². The van der Waals surface area contributed by atoms with Crippen molar-refractivity contribution in [3.8, 4) is 34.1 Å². The Balaban J connectivity index is 1.56. The summed E-state index contributed by atoms with van der Waals surface area (Å²) in [5.74, 6) is 0. The zero-order valence-corrected chi connectivity index (χ0v) is 20.0. The number of fused-ring (bicyclic) bond motifs is 5. The fraction of sp³-hybridized carbons (Fsp3) is 0. The van der Waals surface area contributed by atoms with Crippen molar-refractivity contribution in [1.29, 1.82) is 5.26 Å². The molecule has 0 bridgehead atoms. The fourth-order valence-electron chi connectivity index (χ4n) is 5.43. The first-order chi connectivity index (χ1) is 18.3. The van der Waals surface area contributed by atoms with Crippen molar-refractivity contribution >= 4 is 32.6 Å². The number of pyridine rings is 1. The molecule has 0 aliphatic carbocycles. The minimum absolute atomic E-state index is 0.606. The highest BCUT2D eigenvalue weighted by atomic mass is 15.0. The molecule has 0 atom stereocenters. The van der Waals surface area contributed by atoms with Crippen LogP contribution in [0.3, 0.4) is 0 Å². The van der Waals surface area contributed by atoms with E-state index in [1.54, 1.807) is 12.3 Å². The van der Waals surface area contributed by atoms with E-state index in [1.165, 1.54) is 38.1 Å². The lowest BCUT2D eigenvalue weighted by molar-refractivity contribution is 1.18. The van der Waals surface area contributed by atoms with Gasteiger partial charge in [0.2, 0.25) is 0 Å². The monoisotopic (exact) mass is 471 g/mol. The van der Waals surface area contributed by atoms with Gasteiger partial charge >= 0.3 is 0 Å². The molecule has 0 saturated carbocycles. The van der Waals surface area contributed by atoms with Crippen molar-refractivity contribution in [2.24, 2.45) is 0 Å². The van der Waals surface area contributed by atoms with Gasteiger partial charge < -0.3 is 4.57 Å². The van der Waals surface area contributed by atoms with E-state index < -0.39 is 0 Å². The van der Waals surface area contributed by atoms with Gasteiger partial charge in [-0.3, -0.25) is 4.98 Å². The molecule has 7 aromatic rings. The van der Waals surface area contributed by atoms with Crippen LogP contribution in [0.4, 0.5) is 0 Å². The number of nitrogens with zero attached hydrogens (tertiary/aromatic N) is 3. The quantitative estimate of drug-likeness (QED) is 0.259. The fourth-order valence-corrected chi connectivity index (χ4v) is 5.43. The third kappa shape index (κ3) is 3.39.